The standard InChI is InChI=1S/C12H10ClFN6OS/c1-22(21)12-17-15-7-19(12)5-8-6-20(18-16-8)9-2-3-11(14)10(13)4-9/h2-4,6-7H,5H2,1H3/t22-/m1/s1. The van der Waals surface area contributed by atoms with Gasteiger partial charge in [-0.3, -0.25) is 4.21 Å². The molecule has 0 spiro atoms. The predicted molar refractivity (Wildman–Crippen MR) is 77.8 cm³/mol. The summed E-state index contributed by atoms with van der Waals surface area (Å²) in [6, 6.07) is 4.27. The number of rotatable bonds is 4. The molecule has 2 aromatic heterocycles. The summed E-state index contributed by atoms with van der Waals surface area (Å²) in [5.74, 6) is -0.495. The number of aromatic nitrogens is 6. The van der Waals surface area contributed by atoms with Crippen molar-refractivity contribution >= 4 is 22.4 Å². The zero-order valence-corrected chi connectivity index (χ0v) is 12.9. The maximum Gasteiger partial charge on any atom is 0.221 e. The fourth-order valence-corrected chi connectivity index (χ4v) is 2.65. The smallest absolute Gasteiger partial charge is 0.221 e. The van der Waals surface area contributed by atoms with E-state index in [2.05, 4.69) is 20.5 Å². The van der Waals surface area contributed by atoms with Crippen molar-refractivity contribution in [1.29, 1.82) is 0 Å². The molecule has 0 N–H and O–H groups in total. The van der Waals surface area contributed by atoms with Gasteiger partial charge in [0.1, 0.15) is 17.8 Å². The third-order valence-corrected chi connectivity index (χ3v) is 4.00. The fraction of sp³-hybridized carbons (Fsp3) is 0.167. The quantitative estimate of drug-likeness (QED) is 0.718. The summed E-state index contributed by atoms with van der Waals surface area (Å²) in [6.07, 6.45) is 4.67. The number of hydrogen-bond acceptors (Lipinski definition) is 5. The first kappa shape index (κ1) is 14.8. The molecule has 0 amide bonds. The Hall–Kier alpha value is -2.13. The summed E-state index contributed by atoms with van der Waals surface area (Å²) in [5, 5.41) is 15.9. The summed E-state index contributed by atoms with van der Waals surface area (Å²) in [7, 11) is -1.24. The van der Waals surface area contributed by atoms with Crippen LogP contribution in [0.25, 0.3) is 5.69 Å². The van der Waals surface area contributed by atoms with Crippen molar-refractivity contribution in [2.75, 3.05) is 6.26 Å². The molecule has 0 bridgehead atoms. The molecule has 3 rings (SSSR count). The molecule has 1 atom stereocenters. The van der Waals surface area contributed by atoms with E-state index in [4.69, 9.17) is 11.6 Å². The van der Waals surface area contributed by atoms with Crippen LogP contribution in [0, 0.1) is 5.82 Å². The van der Waals surface area contributed by atoms with Crippen molar-refractivity contribution in [3.63, 3.8) is 0 Å². The molecule has 7 nitrogen and oxygen atoms in total. The fourth-order valence-electron chi connectivity index (χ4n) is 1.87. The van der Waals surface area contributed by atoms with E-state index in [1.807, 2.05) is 0 Å². The summed E-state index contributed by atoms with van der Waals surface area (Å²) < 4.78 is 27.8. The van der Waals surface area contributed by atoms with Crippen LogP contribution in [0.2, 0.25) is 5.02 Å². The van der Waals surface area contributed by atoms with Crippen LogP contribution >= 0.6 is 11.6 Å². The van der Waals surface area contributed by atoms with Gasteiger partial charge < -0.3 is 4.57 Å². The van der Waals surface area contributed by atoms with Gasteiger partial charge in [0.25, 0.3) is 0 Å². The van der Waals surface area contributed by atoms with Gasteiger partial charge in [-0.25, -0.2) is 9.07 Å². The van der Waals surface area contributed by atoms with Crippen LogP contribution in [0.1, 0.15) is 5.69 Å². The Kier molecular flexibility index (Phi) is 3.99. The van der Waals surface area contributed by atoms with Crippen molar-refractivity contribution in [2.45, 2.75) is 11.7 Å². The second-order valence-electron chi connectivity index (χ2n) is 4.45. The van der Waals surface area contributed by atoms with Gasteiger partial charge in [-0.15, -0.1) is 15.3 Å². The van der Waals surface area contributed by atoms with Crippen molar-refractivity contribution in [1.82, 2.24) is 29.8 Å². The second kappa shape index (κ2) is 5.93. The van der Waals surface area contributed by atoms with Crippen molar-refractivity contribution in [3.05, 3.63) is 47.3 Å². The average Bonchev–Trinajstić information content (AvgIpc) is 3.11. The zero-order chi connectivity index (χ0) is 15.7. The van der Waals surface area contributed by atoms with E-state index in [-0.39, 0.29) is 5.02 Å². The first-order chi connectivity index (χ1) is 10.5. The van der Waals surface area contributed by atoms with Crippen LogP contribution in [-0.2, 0) is 17.3 Å². The van der Waals surface area contributed by atoms with Gasteiger partial charge in [-0.05, 0) is 18.2 Å². The van der Waals surface area contributed by atoms with E-state index in [1.165, 1.54) is 29.4 Å². The van der Waals surface area contributed by atoms with Gasteiger partial charge >= 0.3 is 0 Å². The molecule has 0 fully saturated rings. The van der Waals surface area contributed by atoms with Crippen LogP contribution in [0.3, 0.4) is 0 Å². The van der Waals surface area contributed by atoms with Gasteiger partial charge in [0, 0.05) is 6.26 Å². The summed E-state index contributed by atoms with van der Waals surface area (Å²) in [4.78, 5) is 0. The number of hydrogen-bond donors (Lipinski definition) is 0. The molecule has 0 aliphatic carbocycles. The third-order valence-electron chi connectivity index (χ3n) is 2.88. The molecule has 22 heavy (non-hydrogen) atoms. The van der Waals surface area contributed by atoms with E-state index in [9.17, 15) is 8.60 Å². The monoisotopic (exact) mass is 340 g/mol. The maximum atomic E-state index is 13.2. The number of halogens is 2. The maximum absolute atomic E-state index is 13.2. The van der Waals surface area contributed by atoms with Crippen LogP contribution in [0.5, 0.6) is 0 Å². The molecule has 1 aromatic carbocycles. The normalized spacial score (nSPS) is 12.5. The highest BCUT2D eigenvalue weighted by molar-refractivity contribution is 7.84. The molecule has 0 saturated carbocycles. The Morgan fingerprint density at radius 3 is 2.91 bits per heavy atom. The molecular formula is C12H10ClFN6OS. The van der Waals surface area contributed by atoms with Gasteiger partial charge in [0.05, 0.1) is 34.3 Å². The Balaban J connectivity index is 1.86. The SMILES string of the molecule is C[S@@](=O)c1nncn1Cc1cn(-c2ccc(F)c(Cl)c2)nn1. The molecule has 0 unspecified atom stereocenters. The van der Waals surface area contributed by atoms with E-state index < -0.39 is 16.6 Å². The highest BCUT2D eigenvalue weighted by Crippen LogP contribution is 2.18. The van der Waals surface area contributed by atoms with Gasteiger partial charge in [-0.2, -0.15) is 0 Å². The van der Waals surface area contributed by atoms with Gasteiger partial charge in [-0.1, -0.05) is 16.8 Å². The molecule has 3 aromatic rings. The second-order valence-corrected chi connectivity index (χ2v) is 6.13. The molecule has 10 heteroatoms. The Bertz CT molecular complexity index is 848. The highest BCUT2D eigenvalue weighted by Gasteiger charge is 2.11. The Morgan fingerprint density at radius 1 is 1.36 bits per heavy atom. The molecule has 114 valence electrons. The highest BCUT2D eigenvalue weighted by atomic mass is 35.5. The summed E-state index contributed by atoms with van der Waals surface area (Å²) in [5.41, 5.74) is 1.21. The van der Waals surface area contributed by atoms with Crippen molar-refractivity contribution in [3.8, 4) is 5.69 Å². The predicted octanol–water partition coefficient (Wildman–Crippen LogP) is 1.44. The first-order valence-electron chi connectivity index (χ1n) is 6.12. The lowest BCUT2D eigenvalue weighted by atomic mass is 10.3. The largest absolute Gasteiger partial charge is 0.300 e. The van der Waals surface area contributed by atoms with E-state index in [0.717, 1.165) is 0 Å². The zero-order valence-electron chi connectivity index (χ0n) is 11.3. The minimum Gasteiger partial charge on any atom is -0.300 e. The lowest BCUT2D eigenvalue weighted by molar-refractivity contribution is 0.627. The minimum absolute atomic E-state index is 0.0111. The molecular weight excluding hydrogens is 331 g/mol. The van der Waals surface area contributed by atoms with Crippen molar-refractivity contribution < 1.29 is 8.60 Å². The summed E-state index contributed by atoms with van der Waals surface area (Å²) >= 11 is 5.75. The lowest BCUT2D eigenvalue weighted by Crippen LogP contribution is -2.05. The van der Waals surface area contributed by atoms with Crippen molar-refractivity contribution in [2.24, 2.45) is 0 Å². The Labute approximate surface area is 132 Å². The van der Waals surface area contributed by atoms with Gasteiger partial charge in [0.15, 0.2) is 0 Å². The number of nitrogens with zero attached hydrogens (tertiary/aromatic N) is 6. The molecule has 0 saturated heterocycles. The molecule has 0 aliphatic heterocycles. The van der Waals surface area contributed by atoms with Crippen LogP contribution in [0.4, 0.5) is 4.39 Å². The first-order valence-corrected chi connectivity index (χ1v) is 8.06. The summed E-state index contributed by atoms with van der Waals surface area (Å²) in [6.45, 7) is 0.330. The van der Waals surface area contributed by atoms with E-state index >= 15 is 0 Å². The molecule has 2 heterocycles. The topological polar surface area (TPSA) is 78.5 Å². The minimum atomic E-state index is -1.24. The van der Waals surface area contributed by atoms with E-state index in [0.29, 0.717) is 23.1 Å². The average molecular weight is 341 g/mol. The Morgan fingerprint density at radius 2 is 2.18 bits per heavy atom. The van der Waals surface area contributed by atoms with Crippen LogP contribution in [0.15, 0.2) is 35.9 Å². The van der Waals surface area contributed by atoms with Crippen LogP contribution in [-0.4, -0.2) is 40.2 Å². The number of benzene rings is 1. The molecule has 0 aliphatic rings. The van der Waals surface area contributed by atoms with Crippen LogP contribution < -0.4 is 0 Å². The third kappa shape index (κ3) is 2.90. The molecule has 0 radical (unpaired) electrons. The van der Waals surface area contributed by atoms with Gasteiger partial charge in [0.2, 0.25) is 5.16 Å². The lowest BCUT2D eigenvalue weighted by Gasteiger charge is -2.02. The van der Waals surface area contributed by atoms with E-state index in [1.54, 1.807) is 16.8 Å².